The van der Waals surface area contributed by atoms with Gasteiger partial charge >= 0.3 is 0 Å². The number of thioether (sulfide) groups is 1. The van der Waals surface area contributed by atoms with Gasteiger partial charge in [-0.15, -0.1) is 5.10 Å². The van der Waals surface area contributed by atoms with Crippen LogP contribution >= 0.6 is 11.8 Å². The number of aryl methyl sites for hydroxylation is 2. The second-order valence-corrected chi connectivity index (χ2v) is 4.47. The van der Waals surface area contributed by atoms with Crippen LogP contribution in [0.2, 0.25) is 0 Å². The molecule has 2 N–H and O–H groups in total. The van der Waals surface area contributed by atoms with Crippen molar-refractivity contribution in [1.82, 2.24) is 25.1 Å². The van der Waals surface area contributed by atoms with Crippen molar-refractivity contribution in [1.29, 1.82) is 0 Å². The van der Waals surface area contributed by atoms with E-state index in [1.807, 2.05) is 6.20 Å². The predicted octanol–water partition coefficient (Wildman–Crippen LogP) is 1.82. The standard InChI is InChI=1S/C10H15N5S/c1-2-8-13-10(15-14-8)16-7-3-4-9-11-5-6-12-9/h5-6H,2-4,7H2,1H3,(H,11,12)(H,13,14,15). The Hall–Kier alpha value is -1.30. The maximum absolute atomic E-state index is 4.34. The number of aromatic nitrogens is 5. The van der Waals surface area contributed by atoms with Crippen molar-refractivity contribution >= 4 is 11.8 Å². The van der Waals surface area contributed by atoms with Crippen LogP contribution in [0.4, 0.5) is 0 Å². The number of rotatable bonds is 6. The fraction of sp³-hybridized carbons (Fsp3) is 0.500. The fourth-order valence-corrected chi connectivity index (χ4v) is 2.09. The molecule has 0 fully saturated rings. The van der Waals surface area contributed by atoms with Gasteiger partial charge in [-0.1, -0.05) is 18.7 Å². The number of H-pyrrole nitrogens is 2. The van der Waals surface area contributed by atoms with Crippen molar-refractivity contribution in [2.24, 2.45) is 0 Å². The van der Waals surface area contributed by atoms with Crippen molar-refractivity contribution in [2.45, 2.75) is 31.3 Å². The zero-order valence-electron chi connectivity index (χ0n) is 9.23. The van der Waals surface area contributed by atoms with Crippen LogP contribution < -0.4 is 0 Å². The number of nitrogens with zero attached hydrogens (tertiary/aromatic N) is 3. The lowest BCUT2D eigenvalue weighted by Crippen LogP contribution is -1.90. The molecule has 0 aliphatic carbocycles. The smallest absolute Gasteiger partial charge is 0.208 e. The van der Waals surface area contributed by atoms with Crippen molar-refractivity contribution in [3.63, 3.8) is 0 Å². The van der Waals surface area contributed by atoms with E-state index in [2.05, 4.69) is 32.1 Å². The molecule has 0 spiro atoms. The molecule has 0 amide bonds. The van der Waals surface area contributed by atoms with E-state index in [0.29, 0.717) is 0 Å². The van der Waals surface area contributed by atoms with E-state index in [1.54, 1.807) is 18.0 Å². The van der Waals surface area contributed by atoms with Gasteiger partial charge in [-0.25, -0.2) is 9.97 Å². The van der Waals surface area contributed by atoms with E-state index in [-0.39, 0.29) is 0 Å². The molecule has 2 aromatic rings. The highest BCUT2D eigenvalue weighted by Crippen LogP contribution is 2.14. The second kappa shape index (κ2) is 5.69. The molecular weight excluding hydrogens is 222 g/mol. The second-order valence-electron chi connectivity index (χ2n) is 3.41. The third-order valence-electron chi connectivity index (χ3n) is 2.19. The molecule has 0 saturated heterocycles. The van der Waals surface area contributed by atoms with Crippen molar-refractivity contribution in [2.75, 3.05) is 5.75 Å². The monoisotopic (exact) mass is 237 g/mol. The zero-order valence-corrected chi connectivity index (χ0v) is 10.0. The number of imidazole rings is 1. The summed E-state index contributed by atoms with van der Waals surface area (Å²) in [4.78, 5) is 11.6. The van der Waals surface area contributed by atoms with Gasteiger partial charge in [-0.2, -0.15) is 0 Å². The van der Waals surface area contributed by atoms with E-state index < -0.39 is 0 Å². The molecule has 2 heterocycles. The van der Waals surface area contributed by atoms with Gasteiger partial charge in [0.15, 0.2) is 0 Å². The number of nitrogens with one attached hydrogen (secondary N) is 2. The minimum Gasteiger partial charge on any atom is -0.349 e. The average Bonchev–Trinajstić information content (AvgIpc) is 2.95. The van der Waals surface area contributed by atoms with E-state index in [9.17, 15) is 0 Å². The Labute approximate surface area is 98.5 Å². The molecule has 0 unspecified atom stereocenters. The van der Waals surface area contributed by atoms with Crippen LogP contribution in [-0.4, -0.2) is 30.9 Å². The minimum atomic E-state index is 0.844. The number of hydrogen-bond acceptors (Lipinski definition) is 4. The molecule has 0 bridgehead atoms. The number of hydrogen-bond donors (Lipinski definition) is 2. The molecule has 6 heteroatoms. The Bertz CT molecular complexity index is 409. The molecule has 5 nitrogen and oxygen atoms in total. The van der Waals surface area contributed by atoms with Crippen LogP contribution in [0.1, 0.15) is 25.0 Å². The van der Waals surface area contributed by atoms with Crippen LogP contribution in [-0.2, 0) is 12.8 Å². The first kappa shape index (κ1) is 11.2. The summed E-state index contributed by atoms with van der Waals surface area (Å²) in [7, 11) is 0. The molecule has 16 heavy (non-hydrogen) atoms. The summed E-state index contributed by atoms with van der Waals surface area (Å²) in [6.45, 7) is 2.06. The van der Waals surface area contributed by atoms with Crippen LogP contribution in [0.15, 0.2) is 17.6 Å². The third kappa shape index (κ3) is 3.10. The Morgan fingerprint density at radius 2 is 2.31 bits per heavy atom. The van der Waals surface area contributed by atoms with E-state index in [4.69, 9.17) is 0 Å². The van der Waals surface area contributed by atoms with Gasteiger partial charge in [-0.05, 0) is 6.42 Å². The molecule has 0 saturated carbocycles. The number of aromatic amines is 2. The van der Waals surface area contributed by atoms with Crippen molar-refractivity contribution in [3.05, 3.63) is 24.0 Å². The molecule has 0 radical (unpaired) electrons. The lowest BCUT2D eigenvalue weighted by atomic mass is 10.3. The molecule has 2 rings (SSSR count). The van der Waals surface area contributed by atoms with Crippen LogP contribution in [0.3, 0.4) is 0 Å². The molecule has 86 valence electrons. The summed E-state index contributed by atoms with van der Waals surface area (Å²) in [5.74, 6) is 3.01. The fourth-order valence-electron chi connectivity index (χ4n) is 1.34. The molecule has 0 atom stereocenters. The summed E-state index contributed by atoms with van der Waals surface area (Å²) in [5.41, 5.74) is 0. The maximum Gasteiger partial charge on any atom is 0.208 e. The van der Waals surface area contributed by atoms with Crippen LogP contribution in [0.25, 0.3) is 0 Å². The lowest BCUT2D eigenvalue weighted by molar-refractivity contribution is 0.861. The molecule has 0 aliphatic rings. The molecule has 0 aromatic carbocycles. The lowest BCUT2D eigenvalue weighted by Gasteiger charge is -1.95. The van der Waals surface area contributed by atoms with Crippen LogP contribution in [0, 0.1) is 0 Å². The highest BCUT2D eigenvalue weighted by molar-refractivity contribution is 7.99. The Morgan fingerprint density at radius 3 is 3.00 bits per heavy atom. The first-order valence-electron chi connectivity index (χ1n) is 5.41. The van der Waals surface area contributed by atoms with Gasteiger partial charge in [-0.3, -0.25) is 5.10 Å². The highest BCUT2D eigenvalue weighted by Gasteiger charge is 2.02. The van der Waals surface area contributed by atoms with Gasteiger partial charge in [0.25, 0.3) is 0 Å². The van der Waals surface area contributed by atoms with Gasteiger partial charge in [0.05, 0.1) is 0 Å². The molecular formula is C10H15N5S. The Kier molecular flexibility index (Phi) is 3.98. The Balaban J connectivity index is 1.68. The summed E-state index contributed by atoms with van der Waals surface area (Å²) >= 11 is 1.68. The molecule has 2 aromatic heterocycles. The SMILES string of the molecule is CCc1nc(SCCCc2ncc[nH]2)n[nH]1. The maximum atomic E-state index is 4.34. The van der Waals surface area contributed by atoms with E-state index >= 15 is 0 Å². The van der Waals surface area contributed by atoms with Gasteiger partial charge in [0, 0.05) is 31.0 Å². The first-order chi connectivity index (χ1) is 7.88. The van der Waals surface area contributed by atoms with Crippen LogP contribution in [0.5, 0.6) is 0 Å². The Morgan fingerprint density at radius 1 is 1.38 bits per heavy atom. The summed E-state index contributed by atoms with van der Waals surface area (Å²) in [6, 6.07) is 0. The van der Waals surface area contributed by atoms with Gasteiger partial charge in [0.1, 0.15) is 11.6 Å². The van der Waals surface area contributed by atoms with Gasteiger partial charge < -0.3 is 4.98 Å². The average molecular weight is 237 g/mol. The first-order valence-corrected chi connectivity index (χ1v) is 6.39. The quantitative estimate of drug-likeness (QED) is 0.594. The van der Waals surface area contributed by atoms with E-state index in [0.717, 1.165) is 41.8 Å². The predicted molar refractivity (Wildman–Crippen MR) is 63.4 cm³/mol. The zero-order chi connectivity index (χ0) is 11.2. The largest absolute Gasteiger partial charge is 0.349 e. The molecule has 0 aliphatic heterocycles. The normalized spacial score (nSPS) is 10.8. The third-order valence-corrected chi connectivity index (χ3v) is 3.12. The van der Waals surface area contributed by atoms with Crippen molar-refractivity contribution < 1.29 is 0 Å². The topological polar surface area (TPSA) is 70.2 Å². The summed E-state index contributed by atoms with van der Waals surface area (Å²) < 4.78 is 0. The summed E-state index contributed by atoms with van der Waals surface area (Å²) in [5, 5.41) is 7.88. The minimum absolute atomic E-state index is 0.844. The van der Waals surface area contributed by atoms with Crippen molar-refractivity contribution in [3.8, 4) is 0 Å². The van der Waals surface area contributed by atoms with E-state index in [1.165, 1.54) is 0 Å². The summed E-state index contributed by atoms with van der Waals surface area (Å²) in [6.07, 6.45) is 6.59. The van der Waals surface area contributed by atoms with Gasteiger partial charge in [0.2, 0.25) is 5.16 Å². The highest BCUT2D eigenvalue weighted by atomic mass is 32.2.